The van der Waals surface area contributed by atoms with E-state index in [4.69, 9.17) is 14.2 Å². The molecule has 1 amide bonds. The van der Waals surface area contributed by atoms with Crippen LogP contribution in [0.2, 0.25) is 0 Å². The molecule has 6 nitrogen and oxygen atoms in total. The lowest BCUT2D eigenvalue weighted by Crippen LogP contribution is -2.25. The predicted octanol–water partition coefficient (Wildman–Crippen LogP) is 3.89. The smallest absolute Gasteiger partial charge is 0.224 e. The summed E-state index contributed by atoms with van der Waals surface area (Å²) in [5.74, 6) is 1.29. The SMILES string of the molecule is COc1ccc(OC)c(CC(=O)NCc2cccnc2Oc2cccc(F)c2)c1. The van der Waals surface area contributed by atoms with Gasteiger partial charge in [-0.1, -0.05) is 12.1 Å². The van der Waals surface area contributed by atoms with Gasteiger partial charge in [0.05, 0.1) is 20.6 Å². The average Bonchev–Trinajstić information content (AvgIpc) is 2.73. The van der Waals surface area contributed by atoms with Crippen molar-refractivity contribution in [2.24, 2.45) is 0 Å². The van der Waals surface area contributed by atoms with Crippen LogP contribution in [0.4, 0.5) is 4.39 Å². The summed E-state index contributed by atoms with van der Waals surface area (Å²) in [6.45, 7) is 0.212. The summed E-state index contributed by atoms with van der Waals surface area (Å²) < 4.78 is 29.6. The maximum atomic E-state index is 13.4. The molecule has 7 heteroatoms. The Morgan fingerprint density at radius 1 is 1.00 bits per heavy atom. The quantitative estimate of drug-likeness (QED) is 0.626. The van der Waals surface area contributed by atoms with Gasteiger partial charge >= 0.3 is 0 Å². The van der Waals surface area contributed by atoms with Crippen LogP contribution in [-0.2, 0) is 17.8 Å². The Morgan fingerprint density at radius 2 is 1.86 bits per heavy atom. The number of pyridine rings is 1. The van der Waals surface area contributed by atoms with Gasteiger partial charge < -0.3 is 19.5 Å². The fraction of sp³-hybridized carbons (Fsp3) is 0.182. The number of aromatic nitrogens is 1. The van der Waals surface area contributed by atoms with Crippen molar-refractivity contribution in [3.63, 3.8) is 0 Å². The second-order valence-electron chi connectivity index (χ2n) is 6.16. The van der Waals surface area contributed by atoms with Gasteiger partial charge in [-0.15, -0.1) is 0 Å². The average molecular weight is 396 g/mol. The fourth-order valence-electron chi connectivity index (χ4n) is 2.74. The van der Waals surface area contributed by atoms with E-state index in [0.29, 0.717) is 34.3 Å². The second-order valence-corrected chi connectivity index (χ2v) is 6.16. The van der Waals surface area contributed by atoms with Crippen LogP contribution in [0.15, 0.2) is 60.8 Å². The van der Waals surface area contributed by atoms with E-state index < -0.39 is 5.82 Å². The number of hydrogen-bond acceptors (Lipinski definition) is 5. The third kappa shape index (κ3) is 5.44. The van der Waals surface area contributed by atoms with Crippen molar-refractivity contribution in [1.82, 2.24) is 10.3 Å². The molecule has 1 N–H and O–H groups in total. The lowest BCUT2D eigenvalue weighted by Gasteiger charge is -2.12. The van der Waals surface area contributed by atoms with E-state index in [1.165, 1.54) is 12.1 Å². The first-order valence-corrected chi connectivity index (χ1v) is 8.94. The van der Waals surface area contributed by atoms with Gasteiger partial charge in [0.2, 0.25) is 11.8 Å². The van der Waals surface area contributed by atoms with Gasteiger partial charge in [0.15, 0.2) is 0 Å². The van der Waals surface area contributed by atoms with Gasteiger partial charge in [-0.05, 0) is 36.4 Å². The number of carbonyl (C=O) groups excluding carboxylic acids is 1. The van der Waals surface area contributed by atoms with E-state index in [1.807, 2.05) is 0 Å². The molecular weight excluding hydrogens is 375 g/mol. The number of benzene rings is 2. The monoisotopic (exact) mass is 396 g/mol. The van der Waals surface area contributed by atoms with Gasteiger partial charge in [-0.3, -0.25) is 4.79 Å². The van der Waals surface area contributed by atoms with Crippen LogP contribution in [0.5, 0.6) is 23.1 Å². The molecule has 0 aliphatic carbocycles. The number of carbonyl (C=O) groups is 1. The first-order chi connectivity index (χ1) is 14.1. The van der Waals surface area contributed by atoms with E-state index in [-0.39, 0.29) is 18.9 Å². The fourth-order valence-corrected chi connectivity index (χ4v) is 2.74. The Kier molecular flexibility index (Phi) is 6.63. The van der Waals surface area contributed by atoms with Gasteiger partial charge in [0, 0.05) is 29.9 Å². The molecule has 1 aromatic heterocycles. The molecule has 1 heterocycles. The number of halogens is 1. The third-order valence-corrected chi connectivity index (χ3v) is 4.18. The molecule has 2 aromatic carbocycles. The number of amides is 1. The molecule has 0 atom stereocenters. The minimum atomic E-state index is -0.402. The summed E-state index contributed by atoms with van der Waals surface area (Å²) in [6, 6.07) is 14.6. The molecule has 29 heavy (non-hydrogen) atoms. The molecule has 150 valence electrons. The summed E-state index contributed by atoms with van der Waals surface area (Å²) in [5, 5.41) is 2.84. The van der Waals surface area contributed by atoms with Crippen LogP contribution < -0.4 is 19.5 Å². The maximum Gasteiger partial charge on any atom is 0.224 e. The predicted molar refractivity (Wildman–Crippen MR) is 106 cm³/mol. The molecule has 0 aliphatic heterocycles. The third-order valence-electron chi connectivity index (χ3n) is 4.18. The van der Waals surface area contributed by atoms with Crippen LogP contribution in [-0.4, -0.2) is 25.1 Å². The molecular formula is C22H21FN2O4. The summed E-state index contributed by atoms with van der Waals surface area (Å²) >= 11 is 0. The zero-order valence-electron chi connectivity index (χ0n) is 16.1. The molecule has 3 aromatic rings. The highest BCUT2D eigenvalue weighted by molar-refractivity contribution is 5.79. The Labute approximate surface area is 168 Å². The summed E-state index contributed by atoms with van der Waals surface area (Å²) in [5.41, 5.74) is 1.38. The number of nitrogens with zero attached hydrogens (tertiary/aromatic N) is 1. The molecule has 3 rings (SSSR count). The zero-order valence-corrected chi connectivity index (χ0v) is 16.1. The first kappa shape index (κ1) is 20.1. The van der Waals surface area contributed by atoms with E-state index in [0.717, 1.165) is 0 Å². The molecule has 0 unspecified atom stereocenters. The van der Waals surface area contributed by atoms with Crippen LogP contribution in [0.25, 0.3) is 0 Å². The standard InChI is InChI=1S/C22H21FN2O4/c1-27-18-8-9-20(28-2)16(11-18)12-21(26)25-14-15-5-4-10-24-22(15)29-19-7-3-6-17(23)13-19/h3-11,13H,12,14H2,1-2H3,(H,25,26). The molecule has 0 spiro atoms. The van der Waals surface area contributed by atoms with E-state index >= 15 is 0 Å². The van der Waals surface area contributed by atoms with E-state index in [9.17, 15) is 9.18 Å². The molecule has 0 fully saturated rings. The highest BCUT2D eigenvalue weighted by atomic mass is 19.1. The molecule has 0 saturated heterocycles. The van der Waals surface area contributed by atoms with Crippen molar-refractivity contribution in [3.8, 4) is 23.1 Å². The largest absolute Gasteiger partial charge is 0.497 e. The number of methoxy groups -OCH3 is 2. The lowest BCUT2D eigenvalue weighted by atomic mass is 10.1. The van der Waals surface area contributed by atoms with Crippen molar-refractivity contribution in [2.45, 2.75) is 13.0 Å². The lowest BCUT2D eigenvalue weighted by molar-refractivity contribution is -0.120. The molecule has 0 saturated carbocycles. The van der Waals surface area contributed by atoms with E-state index in [2.05, 4.69) is 10.3 Å². The summed E-state index contributed by atoms with van der Waals surface area (Å²) in [6.07, 6.45) is 1.70. The molecule has 0 aliphatic rings. The highest BCUT2D eigenvalue weighted by Crippen LogP contribution is 2.25. The Morgan fingerprint density at radius 3 is 2.62 bits per heavy atom. The van der Waals surface area contributed by atoms with Crippen LogP contribution >= 0.6 is 0 Å². The second kappa shape index (κ2) is 9.54. The summed E-state index contributed by atoms with van der Waals surface area (Å²) in [4.78, 5) is 16.6. The number of nitrogens with one attached hydrogen (secondary N) is 1. The minimum absolute atomic E-state index is 0.126. The zero-order chi connectivity index (χ0) is 20.6. The normalized spacial score (nSPS) is 10.3. The number of ether oxygens (including phenoxy) is 3. The van der Waals surface area contributed by atoms with Crippen LogP contribution in [0.3, 0.4) is 0 Å². The molecule has 0 bridgehead atoms. The van der Waals surface area contributed by atoms with Gasteiger partial charge in [0.25, 0.3) is 0 Å². The van der Waals surface area contributed by atoms with Gasteiger partial charge in [0.1, 0.15) is 23.1 Å². The van der Waals surface area contributed by atoms with Gasteiger partial charge in [-0.25, -0.2) is 9.37 Å². The highest BCUT2D eigenvalue weighted by Gasteiger charge is 2.12. The van der Waals surface area contributed by atoms with Gasteiger partial charge in [-0.2, -0.15) is 0 Å². The maximum absolute atomic E-state index is 13.4. The summed E-state index contributed by atoms with van der Waals surface area (Å²) in [7, 11) is 3.11. The Bertz CT molecular complexity index is 994. The van der Waals surface area contributed by atoms with Crippen LogP contribution in [0, 0.1) is 5.82 Å². The van der Waals surface area contributed by atoms with Crippen molar-refractivity contribution < 1.29 is 23.4 Å². The minimum Gasteiger partial charge on any atom is -0.497 e. The van der Waals surface area contributed by atoms with Crippen molar-refractivity contribution in [3.05, 3.63) is 77.7 Å². The number of rotatable bonds is 8. The van der Waals surface area contributed by atoms with Crippen molar-refractivity contribution >= 4 is 5.91 Å². The topological polar surface area (TPSA) is 69.7 Å². The van der Waals surface area contributed by atoms with Crippen molar-refractivity contribution in [2.75, 3.05) is 14.2 Å². The van der Waals surface area contributed by atoms with Crippen molar-refractivity contribution in [1.29, 1.82) is 0 Å². The Hall–Kier alpha value is -3.61. The van der Waals surface area contributed by atoms with Crippen LogP contribution in [0.1, 0.15) is 11.1 Å². The first-order valence-electron chi connectivity index (χ1n) is 8.94. The van der Waals surface area contributed by atoms with E-state index in [1.54, 1.807) is 62.9 Å². The molecule has 0 radical (unpaired) electrons. The Balaban J connectivity index is 1.67. The number of hydrogen-bond donors (Lipinski definition) is 1.